The summed E-state index contributed by atoms with van der Waals surface area (Å²) < 4.78 is 0. The lowest BCUT2D eigenvalue weighted by Crippen LogP contribution is -2.40. The number of carbonyl (C=O) groups excluding carboxylic acids is 1. The second kappa shape index (κ2) is 5.92. The van der Waals surface area contributed by atoms with Gasteiger partial charge in [-0.05, 0) is 26.0 Å². The normalized spacial score (nSPS) is 12.2. The molecule has 0 radical (unpaired) electrons. The lowest BCUT2D eigenvalue weighted by Gasteiger charge is -2.23. The van der Waals surface area contributed by atoms with E-state index < -0.39 is 5.54 Å². The van der Waals surface area contributed by atoms with Gasteiger partial charge in [0.05, 0.1) is 5.54 Å². The van der Waals surface area contributed by atoms with Crippen LogP contribution in [0.3, 0.4) is 0 Å². The number of rotatable bonds is 4. The van der Waals surface area contributed by atoms with Gasteiger partial charge < -0.3 is 16.3 Å². The van der Waals surface area contributed by atoms with Gasteiger partial charge in [-0.15, -0.1) is 11.3 Å². The highest BCUT2D eigenvalue weighted by Gasteiger charge is 2.25. The predicted molar refractivity (Wildman–Crippen MR) is 81.6 cm³/mol. The Labute approximate surface area is 126 Å². The number of carbonyl (C=O) groups is 1. The van der Waals surface area contributed by atoms with Crippen molar-refractivity contribution >= 4 is 23.1 Å². The molecule has 0 aliphatic carbocycles. The smallest absolute Gasteiger partial charge is 0.252 e. The topological polar surface area (TPSA) is 101 Å². The van der Waals surface area contributed by atoms with Gasteiger partial charge in [0.25, 0.3) is 5.91 Å². The molecule has 1 aromatic carbocycles. The number of aromatic nitrogens is 1. The van der Waals surface area contributed by atoms with Crippen LogP contribution < -0.4 is 11.1 Å². The Morgan fingerprint density at radius 2 is 1.95 bits per heavy atom. The fourth-order valence-electron chi connectivity index (χ4n) is 1.79. The minimum atomic E-state index is -0.546. The molecule has 0 bridgehead atoms. The summed E-state index contributed by atoms with van der Waals surface area (Å²) in [5.41, 5.74) is 5.98. The molecule has 1 amide bonds. The van der Waals surface area contributed by atoms with Crippen molar-refractivity contribution in [2.75, 3.05) is 0 Å². The van der Waals surface area contributed by atoms with Crippen LogP contribution in [0.25, 0.3) is 0 Å². The third kappa shape index (κ3) is 3.38. The number of hydrogen-bond donors (Lipinski definition) is 3. The quantitative estimate of drug-likeness (QED) is 0.347. The van der Waals surface area contributed by atoms with Crippen molar-refractivity contribution in [2.45, 2.75) is 19.4 Å². The van der Waals surface area contributed by atoms with E-state index in [-0.39, 0.29) is 11.7 Å². The summed E-state index contributed by atoms with van der Waals surface area (Å²) in [4.78, 5) is 16.5. The summed E-state index contributed by atoms with van der Waals surface area (Å²) in [6, 6.07) is 6.50. The van der Waals surface area contributed by atoms with Crippen molar-refractivity contribution in [1.29, 1.82) is 0 Å². The van der Waals surface area contributed by atoms with Gasteiger partial charge in [0.15, 0.2) is 5.84 Å². The van der Waals surface area contributed by atoms with Crippen LogP contribution in [0.4, 0.5) is 0 Å². The van der Waals surface area contributed by atoms with E-state index in [2.05, 4.69) is 15.5 Å². The molecule has 21 heavy (non-hydrogen) atoms. The largest absolute Gasteiger partial charge is 0.409 e. The van der Waals surface area contributed by atoms with Crippen LogP contribution in [-0.2, 0) is 5.54 Å². The maximum absolute atomic E-state index is 12.3. The number of amides is 1. The molecular formula is C14H16N4O2S. The van der Waals surface area contributed by atoms with Crippen LogP contribution in [0.1, 0.15) is 34.8 Å². The van der Waals surface area contributed by atoms with Gasteiger partial charge in [-0.2, -0.15) is 0 Å². The van der Waals surface area contributed by atoms with Gasteiger partial charge in [0.2, 0.25) is 0 Å². The molecule has 0 aliphatic heterocycles. The molecule has 1 heterocycles. The maximum Gasteiger partial charge on any atom is 0.252 e. The zero-order valence-corrected chi connectivity index (χ0v) is 12.5. The Bertz CT molecular complexity index is 648. The summed E-state index contributed by atoms with van der Waals surface area (Å²) in [5.74, 6) is -0.202. The highest BCUT2D eigenvalue weighted by molar-refractivity contribution is 7.09. The molecule has 0 fully saturated rings. The third-order valence-corrected chi connectivity index (χ3v) is 4.04. The van der Waals surface area contributed by atoms with Crippen LogP contribution in [-0.4, -0.2) is 21.9 Å². The number of nitrogens with two attached hydrogens (primary N) is 1. The van der Waals surface area contributed by atoms with E-state index in [1.165, 1.54) is 11.3 Å². The van der Waals surface area contributed by atoms with Crippen molar-refractivity contribution in [3.8, 4) is 0 Å². The average Bonchev–Trinajstić information content (AvgIpc) is 3.01. The van der Waals surface area contributed by atoms with Crippen molar-refractivity contribution in [1.82, 2.24) is 10.3 Å². The Kier molecular flexibility index (Phi) is 4.23. The zero-order chi connectivity index (χ0) is 15.5. The lowest BCUT2D eigenvalue weighted by molar-refractivity contribution is 0.0912. The number of amidine groups is 1. The first kappa shape index (κ1) is 15.0. The molecule has 0 unspecified atom stereocenters. The number of thiazole rings is 1. The SMILES string of the molecule is CC(C)(NC(=O)c1ccc(/C(N)=N/O)cc1)c1nccs1. The Hall–Kier alpha value is -2.41. The van der Waals surface area contributed by atoms with Gasteiger partial charge in [-0.25, -0.2) is 4.98 Å². The predicted octanol–water partition coefficient (Wildman–Crippen LogP) is 1.90. The molecule has 0 atom stereocenters. The van der Waals surface area contributed by atoms with Crippen molar-refractivity contribution in [3.05, 3.63) is 52.0 Å². The Morgan fingerprint density at radius 1 is 1.33 bits per heavy atom. The lowest BCUT2D eigenvalue weighted by atomic mass is 10.0. The van der Waals surface area contributed by atoms with Gasteiger partial charge >= 0.3 is 0 Å². The summed E-state index contributed by atoms with van der Waals surface area (Å²) in [7, 11) is 0. The van der Waals surface area contributed by atoms with Gasteiger partial charge in [0, 0.05) is 22.7 Å². The zero-order valence-electron chi connectivity index (χ0n) is 11.7. The molecule has 0 spiro atoms. The fourth-order valence-corrected chi connectivity index (χ4v) is 2.51. The first-order valence-corrected chi connectivity index (χ1v) is 7.12. The number of oxime groups is 1. The molecular weight excluding hydrogens is 288 g/mol. The third-order valence-electron chi connectivity index (χ3n) is 2.94. The molecule has 2 aromatic rings. The average molecular weight is 304 g/mol. The number of benzene rings is 1. The fraction of sp³-hybridized carbons (Fsp3) is 0.214. The van der Waals surface area contributed by atoms with Crippen LogP contribution in [0.15, 0.2) is 41.0 Å². The van der Waals surface area contributed by atoms with Crippen molar-refractivity contribution in [2.24, 2.45) is 10.9 Å². The van der Waals surface area contributed by atoms with Crippen molar-refractivity contribution in [3.63, 3.8) is 0 Å². The number of nitrogens with one attached hydrogen (secondary N) is 1. The van der Waals surface area contributed by atoms with Crippen LogP contribution in [0, 0.1) is 0 Å². The first-order chi connectivity index (χ1) is 9.94. The van der Waals surface area contributed by atoms with E-state index in [0.29, 0.717) is 11.1 Å². The van der Waals surface area contributed by atoms with E-state index >= 15 is 0 Å². The molecule has 0 aliphatic rings. The van der Waals surface area contributed by atoms with E-state index in [1.807, 2.05) is 19.2 Å². The van der Waals surface area contributed by atoms with E-state index in [9.17, 15) is 4.79 Å². The van der Waals surface area contributed by atoms with Crippen molar-refractivity contribution < 1.29 is 10.0 Å². The monoisotopic (exact) mass is 304 g/mol. The van der Waals surface area contributed by atoms with Crippen LogP contribution >= 0.6 is 11.3 Å². The molecule has 7 heteroatoms. The second-order valence-electron chi connectivity index (χ2n) is 4.98. The molecule has 0 saturated heterocycles. The maximum atomic E-state index is 12.3. The van der Waals surface area contributed by atoms with E-state index in [4.69, 9.17) is 10.9 Å². The van der Waals surface area contributed by atoms with Gasteiger partial charge in [0.1, 0.15) is 5.01 Å². The minimum Gasteiger partial charge on any atom is -0.409 e. The second-order valence-corrected chi connectivity index (χ2v) is 5.87. The molecule has 0 saturated carbocycles. The first-order valence-electron chi connectivity index (χ1n) is 6.24. The van der Waals surface area contributed by atoms with E-state index in [0.717, 1.165) is 5.01 Å². The number of hydrogen-bond acceptors (Lipinski definition) is 5. The highest BCUT2D eigenvalue weighted by atomic mass is 32.1. The molecule has 6 nitrogen and oxygen atoms in total. The van der Waals surface area contributed by atoms with Gasteiger partial charge in [-0.3, -0.25) is 4.79 Å². The molecule has 1 aromatic heterocycles. The van der Waals surface area contributed by atoms with E-state index in [1.54, 1.807) is 30.5 Å². The Morgan fingerprint density at radius 3 is 2.48 bits per heavy atom. The summed E-state index contributed by atoms with van der Waals surface area (Å²) in [5, 5.41) is 17.2. The summed E-state index contributed by atoms with van der Waals surface area (Å²) >= 11 is 1.49. The summed E-state index contributed by atoms with van der Waals surface area (Å²) in [6.07, 6.45) is 1.71. The molecule has 110 valence electrons. The van der Waals surface area contributed by atoms with Crippen LogP contribution in [0.2, 0.25) is 0 Å². The van der Waals surface area contributed by atoms with Crippen LogP contribution in [0.5, 0.6) is 0 Å². The Balaban J connectivity index is 2.14. The minimum absolute atomic E-state index is 0.00470. The molecule has 4 N–H and O–H groups in total. The number of nitrogens with zero attached hydrogens (tertiary/aromatic N) is 2. The standard InChI is InChI=1S/C14H16N4O2S/c1-14(2,13-16-7-8-21-13)17-12(19)10-5-3-9(4-6-10)11(15)18-20/h3-8,20H,1-2H3,(H2,15,18)(H,17,19). The summed E-state index contributed by atoms with van der Waals surface area (Å²) in [6.45, 7) is 3.79. The molecule has 2 rings (SSSR count). The highest BCUT2D eigenvalue weighted by Crippen LogP contribution is 2.22. The van der Waals surface area contributed by atoms with Gasteiger partial charge in [-0.1, -0.05) is 17.3 Å².